The van der Waals surface area contributed by atoms with Crippen molar-refractivity contribution in [2.24, 2.45) is 0 Å². The second-order valence-corrected chi connectivity index (χ2v) is 12.9. The Morgan fingerprint density at radius 1 is 0.429 bits per heavy atom. The monoisotopic (exact) mass is 626 g/mol. The highest BCUT2D eigenvalue weighted by molar-refractivity contribution is 5.95. The first kappa shape index (κ1) is 30.4. The minimum absolute atomic E-state index is 0.276. The van der Waals surface area contributed by atoms with Gasteiger partial charge in [-0.3, -0.25) is 0 Å². The van der Waals surface area contributed by atoms with Crippen LogP contribution in [-0.4, -0.2) is 0 Å². The molecule has 0 amide bonds. The van der Waals surface area contributed by atoms with Crippen LogP contribution in [0.4, 0.5) is 0 Å². The van der Waals surface area contributed by atoms with Gasteiger partial charge in [-0.1, -0.05) is 200 Å². The third-order valence-electron chi connectivity index (χ3n) is 9.77. The van der Waals surface area contributed by atoms with Gasteiger partial charge in [0.2, 0.25) is 0 Å². The Bertz CT molecular complexity index is 2340. The first-order valence-corrected chi connectivity index (χ1v) is 17.2. The quantitative estimate of drug-likeness (QED) is 0.140. The van der Waals surface area contributed by atoms with Crippen molar-refractivity contribution in [1.29, 1.82) is 0 Å². The van der Waals surface area contributed by atoms with E-state index < -0.39 is 0 Å². The topological polar surface area (TPSA) is 0 Å². The van der Waals surface area contributed by atoms with Crippen LogP contribution in [0.15, 0.2) is 194 Å². The van der Waals surface area contributed by atoms with E-state index in [1.165, 1.54) is 71.6 Å². The lowest BCUT2D eigenvalue weighted by Gasteiger charge is -2.20. The molecule has 49 heavy (non-hydrogen) atoms. The summed E-state index contributed by atoms with van der Waals surface area (Å²) in [6.07, 6.45) is 4.18. The number of rotatable bonds is 9. The van der Waals surface area contributed by atoms with Crippen molar-refractivity contribution in [2.75, 3.05) is 0 Å². The second kappa shape index (κ2) is 14.0. The van der Waals surface area contributed by atoms with Crippen LogP contribution in [-0.2, 0) is 12.8 Å². The fourth-order valence-corrected chi connectivity index (χ4v) is 7.20. The fraction of sp³-hybridized carbons (Fsp3) is 0.0612. The largest absolute Gasteiger partial charge is 0.0622 e. The van der Waals surface area contributed by atoms with Crippen LogP contribution in [0, 0.1) is 0 Å². The molecule has 0 heterocycles. The Labute approximate surface area is 289 Å². The lowest BCUT2D eigenvalue weighted by molar-refractivity contribution is 0.812. The van der Waals surface area contributed by atoms with Crippen molar-refractivity contribution >= 4 is 33.2 Å². The van der Waals surface area contributed by atoms with Gasteiger partial charge in [0.15, 0.2) is 0 Å². The summed E-state index contributed by atoms with van der Waals surface area (Å²) in [7, 11) is 0. The summed E-state index contributed by atoms with van der Waals surface area (Å²) in [5.74, 6) is 0.276. The minimum atomic E-state index is 0.276. The molecule has 1 atom stereocenters. The molecule has 0 aromatic heterocycles. The molecule has 0 aliphatic carbocycles. The molecule has 0 spiro atoms. The first-order chi connectivity index (χ1) is 24.3. The van der Waals surface area contributed by atoms with Crippen LogP contribution in [0.2, 0.25) is 0 Å². The highest BCUT2D eigenvalue weighted by Crippen LogP contribution is 2.34. The number of fused-ring (bicyclic) bond motifs is 2. The van der Waals surface area contributed by atoms with Crippen LogP contribution >= 0.6 is 0 Å². The summed E-state index contributed by atoms with van der Waals surface area (Å²) in [4.78, 5) is 0. The average molecular weight is 627 g/mol. The van der Waals surface area contributed by atoms with Gasteiger partial charge in [-0.05, 0) is 84.5 Å². The lowest BCUT2D eigenvalue weighted by Crippen LogP contribution is -2.06. The standard InChI is InChI=1S/C49H38/c1-3-13-38(14-4-1)45(35-44-21-11-19-41-17-7-9-22-46(41)44)33-36-25-29-39(30-26-36)40-31-27-37(28-32-40)34-49(43-15-5-2-6-16-43)48-24-12-20-42-18-8-10-23-47(42)48/h1-32,35,49H,33-34H2/b45-35-. The van der Waals surface area contributed by atoms with Gasteiger partial charge in [0.05, 0.1) is 0 Å². The predicted molar refractivity (Wildman–Crippen MR) is 210 cm³/mol. The zero-order valence-electron chi connectivity index (χ0n) is 27.5. The molecule has 0 bridgehead atoms. The number of hydrogen-bond donors (Lipinski definition) is 0. The summed E-state index contributed by atoms with van der Waals surface area (Å²) in [5.41, 5.74) is 11.7. The van der Waals surface area contributed by atoms with Crippen LogP contribution in [0.1, 0.15) is 39.3 Å². The van der Waals surface area contributed by atoms with Crippen molar-refractivity contribution < 1.29 is 0 Å². The van der Waals surface area contributed by atoms with Crippen LogP contribution in [0.3, 0.4) is 0 Å². The van der Waals surface area contributed by atoms with Gasteiger partial charge >= 0.3 is 0 Å². The predicted octanol–water partition coefficient (Wildman–Crippen LogP) is 12.8. The van der Waals surface area contributed by atoms with Crippen molar-refractivity contribution in [1.82, 2.24) is 0 Å². The Balaban J connectivity index is 1.05. The molecule has 0 fully saturated rings. The van der Waals surface area contributed by atoms with Gasteiger partial charge in [-0.2, -0.15) is 0 Å². The first-order valence-electron chi connectivity index (χ1n) is 17.2. The summed E-state index contributed by atoms with van der Waals surface area (Å²) in [5, 5.41) is 5.17. The van der Waals surface area contributed by atoms with Gasteiger partial charge in [-0.15, -0.1) is 0 Å². The molecule has 8 aromatic rings. The zero-order chi connectivity index (χ0) is 32.8. The van der Waals surface area contributed by atoms with Crippen LogP contribution in [0.25, 0.3) is 44.3 Å². The lowest BCUT2D eigenvalue weighted by atomic mass is 9.83. The Morgan fingerprint density at radius 3 is 1.65 bits per heavy atom. The molecule has 8 aromatic carbocycles. The molecule has 0 nitrogen and oxygen atoms in total. The molecule has 0 aliphatic heterocycles. The highest BCUT2D eigenvalue weighted by Gasteiger charge is 2.17. The van der Waals surface area contributed by atoms with E-state index in [2.05, 4.69) is 200 Å². The molecule has 234 valence electrons. The molecular formula is C49H38. The summed E-state index contributed by atoms with van der Waals surface area (Å²) in [6.45, 7) is 0. The van der Waals surface area contributed by atoms with Crippen LogP contribution in [0.5, 0.6) is 0 Å². The fourth-order valence-electron chi connectivity index (χ4n) is 7.20. The molecular weight excluding hydrogens is 589 g/mol. The summed E-state index contributed by atoms with van der Waals surface area (Å²) in [6, 6.07) is 70.7. The molecule has 0 N–H and O–H groups in total. The Morgan fingerprint density at radius 2 is 0.959 bits per heavy atom. The molecule has 0 radical (unpaired) electrons. The van der Waals surface area contributed by atoms with E-state index in [0.717, 1.165) is 12.8 Å². The molecule has 0 saturated heterocycles. The van der Waals surface area contributed by atoms with Gasteiger partial charge in [0.25, 0.3) is 0 Å². The maximum atomic E-state index is 2.37. The zero-order valence-corrected chi connectivity index (χ0v) is 27.5. The van der Waals surface area contributed by atoms with Crippen LogP contribution < -0.4 is 0 Å². The van der Waals surface area contributed by atoms with E-state index in [1.54, 1.807) is 0 Å². The highest BCUT2D eigenvalue weighted by atomic mass is 14.2. The van der Waals surface area contributed by atoms with Gasteiger partial charge in [-0.25, -0.2) is 0 Å². The Hall–Kier alpha value is -5.98. The van der Waals surface area contributed by atoms with E-state index in [9.17, 15) is 0 Å². The maximum Gasteiger partial charge on any atom is 0.0136 e. The molecule has 0 saturated carbocycles. The third-order valence-corrected chi connectivity index (χ3v) is 9.77. The van der Waals surface area contributed by atoms with Crippen molar-refractivity contribution in [3.8, 4) is 11.1 Å². The molecule has 0 heteroatoms. The van der Waals surface area contributed by atoms with E-state index in [4.69, 9.17) is 0 Å². The van der Waals surface area contributed by atoms with Gasteiger partial charge < -0.3 is 0 Å². The minimum Gasteiger partial charge on any atom is -0.0622 e. The summed E-state index contributed by atoms with van der Waals surface area (Å²) >= 11 is 0. The van der Waals surface area contributed by atoms with E-state index in [-0.39, 0.29) is 5.92 Å². The number of allylic oxidation sites excluding steroid dienone is 1. The van der Waals surface area contributed by atoms with Crippen molar-refractivity contribution in [3.05, 3.63) is 228 Å². The molecule has 8 rings (SSSR count). The third kappa shape index (κ3) is 6.73. The van der Waals surface area contributed by atoms with Gasteiger partial charge in [0, 0.05) is 5.92 Å². The Kier molecular flexibility index (Phi) is 8.69. The number of benzene rings is 8. The maximum absolute atomic E-state index is 2.37. The smallest absolute Gasteiger partial charge is 0.0136 e. The average Bonchev–Trinajstić information content (AvgIpc) is 3.18. The normalized spacial score (nSPS) is 12.3. The van der Waals surface area contributed by atoms with E-state index >= 15 is 0 Å². The number of hydrogen-bond acceptors (Lipinski definition) is 0. The molecule has 1 unspecified atom stereocenters. The molecule has 0 aliphatic rings. The van der Waals surface area contributed by atoms with Crippen molar-refractivity contribution in [3.63, 3.8) is 0 Å². The summed E-state index contributed by atoms with van der Waals surface area (Å²) < 4.78 is 0. The van der Waals surface area contributed by atoms with E-state index in [0.29, 0.717) is 0 Å². The second-order valence-electron chi connectivity index (χ2n) is 12.9. The van der Waals surface area contributed by atoms with Crippen molar-refractivity contribution in [2.45, 2.75) is 18.8 Å². The SMILES string of the molecule is C(=C(\Cc1ccc(-c2ccc(CC(c3ccccc3)c3cccc4ccccc34)cc2)cc1)c1ccccc1)/c1cccc2ccccc12. The van der Waals surface area contributed by atoms with Gasteiger partial charge in [0.1, 0.15) is 0 Å². The van der Waals surface area contributed by atoms with E-state index in [1.807, 2.05) is 0 Å².